The molecular weight excluding hydrogens is 242 g/mol. The molecule has 1 N–H and O–H groups in total. The standard InChI is InChI=1S/C12H8ClNO3/c13-10-4-2-1-3-9(10)8-5-6-11(14(16)17)12(15)7-8/h1-7,15H. The van der Waals surface area contributed by atoms with Crippen molar-refractivity contribution in [3.8, 4) is 16.9 Å². The SMILES string of the molecule is O=[N+]([O-])c1ccc(-c2ccccc2Cl)cc1O. The Morgan fingerprint density at radius 1 is 1.18 bits per heavy atom. The zero-order valence-corrected chi connectivity index (χ0v) is 9.39. The van der Waals surface area contributed by atoms with Crippen LogP contribution in [0.5, 0.6) is 5.75 Å². The largest absolute Gasteiger partial charge is 0.502 e. The van der Waals surface area contributed by atoms with E-state index in [0.717, 1.165) is 5.56 Å². The molecule has 0 aliphatic carbocycles. The van der Waals surface area contributed by atoms with Crippen LogP contribution in [0.3, 0.4) is 0 Å². The molecule has 0 bridgehead atoms. The quantitative estimate of drug-likeness (QED) is 0.653. The zero-order valence-electron chi connectivity index (χ0n) is 8.63. The summed E-state index contributed by atoms with van der Waals surface area (Å²) in [5.74, 6) is -0.368. The molecule has 2 aromatic rings. The van der Waals surface area contributed by atoms with Gasteiger partial charge in [-0.1, -0.05) is 29.8 Å². The van der Waals surface area contributed by atoms with Gasteiger partial charge < -0.3 is 5.11 Å². The van der Waals surface area contributed by atoms with Crippen molar-refractivity contribution in [2.75, 3.05) is 0 Å². The van der Waals surface area contributed by atoms with Crippen molar-refractivity contribution >= 4 is 17.3 Å². The highest BCUT2D eigenvalue weighted by Gasteiger charge is 2.14. The first-order chi connectivity index (χ1) is 8.09. The predicted molar refractivity (Wildman–Crippen MR) is 65.2 cm³/mol. The van der Waals surface area contributed by atoms with Gasteiger partial charge in [-0.2, -0.15) is 0 Å². The highest BCUT2D eigenvalue weighted by molar-refractivity contribution is 6.33. The zero-order chi connectivity index (χ0) is 12.4. The van der Waals surface area contributed by atoms with E-state index in [1.54, 1.807) is 30.3 Å². The fraction of sp³-hybridized carbons (Fsp3) is 0. The first kappa shape index (κ1) is 11.4. The molecule has 0 atom stereocenters. The van der Waals surface area contributed by atoms with Crippen LogP contribution in [0.4, 0.5) is 5.69 Å². The number of aromatic hydroxyl groups is 1. The molecule has 0 fully saturated rings. The van der Waals surface area contributed by atoms with Crippen LogP contribution in [0.15, 0.2) is 42.5 Å². The highest BCUT2D eigenvalue weighted by Crippen LogP contribution is 2.34. The molecule has 0 radical (unpaired) electrons. The lowest BCUT2D eigenvalue weighted by Crippen LogP contribution is -1.89. The van der Waals surface area contributed by atoms with Gasteiger partial charge in [-0.3, -0.25) is 10.1 Å². The smallest absolute Gasteiger partial charge is 0.310 e. The third-order valence-electron chi connectivity index (χ3n) is 2.36. The molecule has 0 aliphatic heterocycles. The lowest BCUT2D eigenvalue weighted by atomic mass is 10.0. The number of hydrogen-bond donors (Lipinski definition) is 1. The maximum absolute atomic E-state index is 10.6. The second-order valence-corrected chi connectivity index (χ2v) is 3.85. The normalized spacial score (nSPS) is 10.2. The van der Waals surface area contributed by atoms with Crippen molar-refractivity contribution in [2.45, 2.75) is 0 Å². The van der Waals surface area contributed by atoms with Gasteiger partial charge in [0.15, 0.2) is 5.75 Å². The Kier molecular flexibility index (Phi) is 2.97. The minimum Gasteiger partial charge on any atom is -0.502 e. The lowest BCUT2D eigenvalue weighted by Gasteiger charge is -2.04. The minimum absolute atomic E-state index is 0.319. The van der Waals surface area contributed by atoms with Crippen molar-refractivity contribution in [1.29, 1.82) is 0 Å². The summed E-state index contributed by atoms with van der Waals surface area (Å²) in [7, 11) is 0. The van der Waals surface area contributed by atoms with Crippen LogP contribution in [0.1, 0.15) is 0 Å². The summed E-state index contributed by atoms with van der Waals surface area (Å²) in [6, 6.07) is 11.2. The molecule has 86 valence electrons. The summed E-state index contributed by atoms with van der Waals surface area (Å²) in [6.45, 7) is 0. The lowest BCUT2D eigenvalue weighted by molar-refractivity contribution is -0.385. The minimum atomic E-state index is -0.633. The van der Waals surface area contributed by atoms with Crippen LogP contribution >= 0.6 is 11.6 Å². The van der Waals surface area contributed by atoms with Gasteiger partial charge in [-0.15, -0.1) is 0 Å². The average molecular weight is 250 g/mol. The van der Waals surface area contributed by atoms with Crippen LogP contribution in [0.25, 0.3) is 11.1 Å². The first-order valence-electron chi connectivity index (χ1n) is 4.82. The number of benzene rings is 2. The number of hydrogen-bond acceptors (Lipinski definition) is 3. The number of nitro groups is 1. The van der Waals surface area contributed by atoms with Crippen molar-refractivity contribution in [1.82, 2.24) is 0 Å². The Hall–Kier alpha value is -2.07. The van der Waals surface area contributed by atoms with Crippen molar-refractivity contribution in [3.05, 3.63) is 57.6 Å². The Morgan fingerprint density at radius 2 is 1.88 bits per heavy atom. The molecule has 5 heteroatoms. The summed E-state index contributed by atoms with van der Waals surface area (Å²) in [5.41, 5.74) is 1.04. The average Bonchev–Trinajstić information content (AvgIpc) is 2.29. The molecule has 0 unspecified atom stereocenters. The van der Waals surface area contributed by atoms with Crippen LogP contribution in [-0.2, 0) is 0 Å². The monoisotopic (exact) mass is 249 g/mol. The van der Waals surface area contributed by atoms with Gasteiger partial charge in [-0.25, -0.2) is 0 Å². The second-order valence-electron chi connectivity index (χ2n) is 3.44. The Labute approximate surface area is 102 Å². The summed E-state index contributed by atoms with van der Waals surface area (Å²) in [4.78, 5) is 9.92. The fourth-order valence-electron chi connectivity index (χ4n) is 1.54. The topological polar surface area (TPSA) is 63.4 Å². The number of phenols is 1. The van der Waals surface area contributed by atoms with Gasteiger partial charge in [0, 0.05) is 16.7 Å². The molecular formula is C12H8ClNO3. The van der Waals surface area contributed by atoms with Crippen molar-refractivity contribution in [2.24, 2.45) is 0 Å². The van der Waals surface area contributed by atoms with Crippen LogP contribution in [0.2, 0.25) is 5.02 Å². The molecule has 0 aliphatic rings. The molecule has 0 amide bonds. The van der Waals surface area contributed by atoms with Gasteiger partial charge >= 0.3 is 5.69 Å². The van der Waals surface area contributed by atoms with Crippen molar-refractivity contribution < 1.29 is 10.0 Å². The van der Waals surface area contributed by atoms with E-state index in [1.807, 2.05) is 0 Å². The Morgan fingerprint density at radius 3 is 2.47 bits per heavy atom. The number of nitrogens with zero attached hydrogens (tertiary/aromatic N) is 1. The maximum atomic E-state index is 10.6. The van der Waals surface area contributed by atoms with Crippen LogP contribution < -0.4 is 0 Å². The number of phenolic OH excluding ortho intramolecular Hbond substituents is 1. The van der Waals surface area contributed by atoms with Gasteiger partial charge in [0.05, 0.1) is 4.92 Å². The van der Waals surface area contributed by atoms with E-state index in [-0.39, 0.29) is 11.4 Å². The van der Waals surface area contributed by atoms with Crippen LogP contribution in [0, 0.1) is 10.1 Å². The van der Waals surface area contributed by atoms with E-state index in [2.05, 4.69) is 0 Å². The predicted octanol–water partition coefficient (Wildman–Crippen LogP) is 3.62. The van der Waals surface area contributed by atoms with Gasteiger partial charge in [-0.05, 0) is 23.8 Å². The van der Waals surface area contributed by atoms with E-state index in [0.29, 0.717) is 10.6 Å². The first-order valence-corrected chi connectivity index (χ1v) is 5.19. The number of halogens is 1. The van der Waals surface area contributed by atoms with E-state index in [9.17, 15) is 15.2 Å². The van der Waals surface area contributed by atoms with Crippen molar-refractivity contribution in [3.63, 3.8) is 0 Å². The molecule has 4 nitrogen and oxygen atoms in total. The Balaban J connectivity index is 2.52. The molecule has 0 spiro atoms. The third-order valence-corrected chi connectivity index (χ3v) is 2.69. The number of nitro benzene ring substituents is 1. The second kappa shape index (κ2) is 4.43. The van der Waals surface area contributed by atoms with Crippen LogP contribution in [-0.4, -0.2) is 10.0 Å². The van der Waals surface area contributed by atoms with E-state index >= 15 is 0 Å². The summed E-state index contributed by atoms with van der Waals surface area (Å²) < 4.78 is 0. The molecule has 0 saturated carbocycles. The highest BCUT2D eigenvalue weighted by atomic mass is 35.5. The third kappa shape index (κ3) is 2.21. The number of rotatable bonds is 2. The molecule has 0 heterocycles. The summed E-state index contributed by atoms with van der Waals surface area (Å²) in [6.07, 6.45) is 0. The molecule has 2 rings (SSSR count). The molecule has 0 aromatic heterocycles. The van der Waals surface area contributed by atoms with E-state index < -0.39 is 4.92 Å². The fourth-order valence-corrected chi connectivity index (χ4v) is 1.79. The van der Waals surface area contributed by atoms with E-state index in [4.69, 9.17) is 11.6 Å². The molecule has 2 aromatic carbocycles. The van der Waals surface area contributed by atoms with Gasteiger partial charge in [0.25, 0.3) is 0 Å². The summed E-state index contributed by atoms with van der Waals surface area (Å²) in [5, 5.41) is 20.6. The molecule has 0 saturated heterocycles. The maximum Gasteiger partial charge on any atom is 0.310 e. The van der Waals surface area contributed by atoms with Gasteiger partial charge in [0.2, 0.25) is 0 Å². The Bertz CT molecular complexity index is 584. The van der Waals surface area contributed by atoms with Gasteiger partial charge in [0.1, 0.15) is 0 Å². The molecule has 17 heavy (non-hydrogen) atoms. The summed E-state index contributed by atoms with van der Waals surface area (Å²) >= 11 is 6.00. The van der Waals surface area contributed by atoms with E-state index in [1.165, 1.54) is 12.1 Å².